The molecule has 1 aromatic carbocycles. The molecule has 0 amide bonds. The highest BCUT2D eigenvalue weighted by Crippen LogP contribution is 2.30. The number of benzene rings is 1. The van der Waals surface area contributed by atoms with Gasteiger partial charge in [-0.3, -0.25) is 9.59 Å². The third-order valence-electron chi connectivity index (χ3n) is 2.95. The molecule has 0 aliphatic heterocycles. The van der Waals surface area contributed by atoms with Crippen LogP contribution in [-0.4, -0.2) is 11.6 Å². The van der Waals surface area contributed by atoms with Gasteiger partial charge in [-0.15, -0.1) is 0 Å². The Morgan fingerprint density at radius 1 is 1.18 bits per heavy atom. The third-order valence-corrected chi connectivity index (χ3v) is 3.20. The Balaban J connectivity index is 2.38. The number of ketones is 2. The van der Waals surface area contributed by atoms with E-state index in [0.29, 0.717) is 29.0 Å². The Hall–Kier alpha value is -1.61. The number of carbonyl (C=O) groups is 2. The van der Waals surface area contributed by atoms with Crippen molar-refractivity contribution in [1.82, 2.24) is 0 Å². The second-order valence-corrected chi connectivity index (χ2v) is 4.44. The zero-order valence-corrected chi connectivity index (χ0v) is 9.91. The summed E-state index contributed by atoms with van der Waals surface area (Å²) in [7, 11) is 0. The molecule has 1 aliphatic carbocycles. The molecule has 1 saturated carbocycles. The van der Waals surface area contributed by atoms with E-state index in [0.717, 1.165) is 0 Å². The molecule has 0 aromatic heterocycles. The molecule has 0 saturated heterocycles. The van der Waals surface area contributed by atoms with E-state index in [1.807, 2.05) is 0 Å². The van der Waals surface area contributed by atoms with Gasteiger partial charge in [0.15, 0.2) is 5.78 Å². The topological polar surface area (TPSA) is 60.2 Å². The van der Waals surface area contributed by atoms with E-state index in [4.69, 9.17) is 17.3 Å². The minimum atomic E-state index is -0.712. The summed E-state index contributed by atoms with van der Waals surface area (Å²) in [6.07, 6.45) is 2.11. The summed E-state index contributed by atoms with van der Waals surface area (Å²) >= 11 is 5.78. The Kier molecular flexibility index (Phi) is 3.29. The van der Waals surface area contributed by atoms with Crippen LogP contribution in [0.15, 0.2) is 36.0 Å². The van der Waals surface area contributed by atoms with Gasteiger partial charge in [-0.25, -0.2) is 0 Å². The molecule has 2 N–H and O–H groups in total. The van der Waals surface area contributed by atoms with Gasteiger partial charge in [0, 0.05) is 23.2 Å². The molecule has 0 spiro atoms. The van der Waals surface area contributed by atoms with E-state index in [1.165, 1.54) is 6.20 Å². The number of carbonyl (C=O) groups excluding carboxylic acids is 2. The van der Waals surface area contributed by atoms with Gasteiger partial charge in [0.1, 0.15) is 11.7 Å². The first kappa shape index (κ1) is 11.9. The summed E-state index contributed by atoms with van der Waals surface area (Å²) in [4.78, 5) is 23.9. The molecular weight excluding hydrogens is 238 g/mol. The second kappa shape index (κ2) is 4.72. The van der Waals surface area contributed by atoms with Crippen LogP contribution in [-0.2, 0) is 9.59 Å². The van der Waals surface area contributed by atoms with Gasteiger partial charge < -0.3 is 5.73 Å². The maximum atomic E-state index is 12.1. The summed E-state index contributed by atoms with van der Waals surface area (Å²) < 4.78 is 0. The first-order valence-electron chi connectivity index (χ1n) is 5.36. The molecule has 88 valence electrons. The molecule has 1 aliphatic rings. The van der Waals surface area contributed by atoms with E-state index in [2.05, 4.69) is 0 Å². The van der Waals surface area contributed by atoms with Crippen LogP contribution in [0.3, 0.4) is 0 Å². The molecule has 2 rings (SSSR count). The standard InChI is InChI=1S/C13H12ClNO2/c14-10-4-1-8(2-5-10)12-11(16)6-3-9(7-15)13(12)17/h1-2,4-5,7,12H,3,6,15H2. The normalized spacial score (nSPS) is 23.1. The van der Waals surface area contributed by atoms with Gasteiger partial charge in [0.05, 0.1) is 0 Å². The largest absolute Gasteiger partial charge is 0.404 e. The Morgan fingerprint density at radius 3 is 2.41 bits per heavy atom. The molecule has 4 heteroatoms. The van der Waals surface area contributed by atoms with Crippen LogP contribution in [0.1, 0.15) is 24.3 Å². The highest BCUT2D eigenvalue weighted by Gasteiger charge is 2.34. The maximum Gasteiger partial charge on any atom is 0.175 e. The van der Waals surface area contributed by atoms with Crippen LogP contribution < -0.4 is 5.73 Å². The average Bonchev–Trinajstić information content (AvgIpc) is 2.32. The van der Waals surface area contributed by atoms with E-state index in [9.17, 15) is 9.59 Å². The van der Waals surface area contributed by atoms with E-state index in [1.54, 1.807) is 24.3 Å². The fourth-order valence-corrected chi connectivity index (χ4v) is 2.14. The molecule has 1 atom stereocenters. The summed E-state index contributed by atoms with van der Waals surface area (Å²) in [6.45, 7) is 0. The lowest BCUT2D eigenvalue weighted by Gasteiger charge is -2.21. The van der Waals surface area contributed by atoms with E-state index >= 15 is 0 Å². The Bertz CT molecular complexity index is 491. The maximum absolute atomic E-state index is 12.1. The number of halogens is 1. The molecule has 1 aromatic rings. The number of hydrogen-bond acceptors (Lipinski definition) is 3. The zero-order chi connectivity index (χ0) is 12.4. The molecule has 0 radical (unpaired) electrons. The lowest BCUT2D eigenvalue weighted by Crippen LogP contribution is -2.29. The van der Waals surface area contributed by atoms with Gasteiger partial charge in [-0.1, -0.05) is 23.7 Å². The summed E-state index contributed by atoms with van der Waals surface area (Å²) in [5.41, 5.74) is 6.60. The molecule has 17 heavy (non-hydrogen) atoms. The van der Waals surface area contributed by atoms with Crippen molar-refractivity contribution in [3.63, 3.8) is 0 Å². The third kappa shape index (κ3) is 2.24. The molecule has 1 fully saturated rings. The van der Waals surface area contributed by atoms with Crippen molar-refractivity contribution in [3.8, 4) is 0 Å². The van der Waals surface area contributed by atoms with Crippen molar-refractivity contribution < 1.29 is 9.59 Å². The van der Waals surface area contributed by atoms with Crippen molar-refractivity contribution in [3.05, 3.63) is 46.6 Å². The first-order chi connectivity index (χ1) is 8.13. The van der Waals surface area contributed by atoms with Gasteiger partial charge >= 0.3 is 0 Å². The molecule has 0 bridgehead atoms. The van der Waals surface area contributed by atoms with Crippen LogP contribution in [0.2, 0.25) is 5.02 Å². The number of nitrogens with two attached hydrogens (primary N) is 1. The van der Waals surface area contributed by atoms with Crippen molar-refractivity contribution in [2.45, 2.75) is 18.8 Å². The number of hydrogen-bond donors (Lipinski definition) is 1. The second-order valence-electron chi connectivity index (χ2n) is 4.01. The molecule has 0 heterocycles. The summed E-state index contributed by atoms with van der Waals surface area (Å²) in [5.74, 6) is -0.954. The molecule has 3 nitrogen and oxygen atoms in total. The van der Waals surface area contributed by atoms with Crippen LogP contribution in [0, 0.1) is 0 Å². The number of allylic oxidation sites excluding steroid dienone is 1. The first-order valence-corrected chi connectivity index (χ1v) is 5.74. The van der Waals surface area contributed by atoms with Crippen molar-refractivity contribution >= 4 is 23.2 Å². The lowest BCUT2D eigenvalue weighted by atomic mass is 9.79. The summed E-state index contributed by atoms with van der Waals surface area (Å²) in [5, 5.41) is 0.582. The number of rotatable bonds is 1. The van der Waals surface area contributed by atoms with Crippen molar-refractivity contribution in [2.75, 3.05) is 0 Å². The smallest absolute Gasteiger partial charge is 0.175 e. The van der Waals surface area contributed by atoms with Gasteiger partial charge in [0.25, 0.3) is 0 Å². The zero-order valence-electron chi connectivity index (χ0n) is 9.15. The molecule has 1 unspecified atom stereocenters. The minimum absolute atomic E-state index is 0.0528. The van der Waals surface area contributed by atoms with Gasteiger partial charge in [-0.2, -0.15) is 0 Å². The SMILES string of the molecule is NC=C1CCC(=O)C(c2ccc(Cl)cc2)C1=O. The highest BCUT2D eigenvalue weighted by molar-refractivity contribution is 6.30. The summed E-state index contributed by atoms with van der Waals surface area (Å²) in [6, 6.07) is 6.78. The van der Waals surface area contributed by atoms with Crippen LogP contribution in [0.4, 0.5) is 0 Å². The van der Waals surface area contributed by atoms with Crippen LogP contribution in [0.25, 0.3) is 0 Å². The van der Waals surface area contributed by atoms with Gasteiger partial charge in [0.2, 0.25) is 0 Å². The highest BCUT2D eigenvalue weighted by atomic mass is 35.5. The predicted molar refractivity (Wildman–Crippen MR) is 65.7 cm³/mol. The molecular formula is C13H12ClNO2. The van der Waals surface area contributed by atoms with E-state index < -0.39 is 5.92 Å². The number of Topliss-reactive ketones (excluding diaryl/α,β-unsaturated/α-hetero) is 2. The van der Waals surface area contributed by atoms with Crippen LogP contribution >= 0.6 is 11.6 Å². The quantitative estimate of drug-likeness (QED) is 0.613. The van der Waals surface area contributed by atoms with Gasteiger partial charge in [-0.05, 0) is 24.1 Å². The van der Waals surface area contributed by atoms with Crippen molar-refractivity contribution in [2.24, 2.45) is 5.73 Å². The Labute approximate surface area is 104 Å². The lowest BCUT2D eigenvalue weighted by molar-refractivity contribution is -0.129. The fourth-order valence-electron chi connectivity index (χ4n) is 2.01. The average molecular weight is 250 g/mol. The monoisotopic (exact) mass is 249 g/mol. The fraction of sp³-hybridized carbons (Fsp3) is 0.231. The van der Waals surface area contributed by atoms with E-state index in [-0.39, 0.29) is 11.6 Å². The van der Waals surface area contributed by atoms with Crippen LogP contribution in [0.5, 0.6) is 0 Å². The predicted octanol–water partition coefficient (Wildman–Crippen LogP) is 2.20. The van der Waals surface area contributed by atoms with Crippen molar-refractivity contribution in [1.29, 1.82) is 0 Å². The Morgan fingerprint density at radius 2 is 1.82 bits per heavy atom. The minimum Gasteiger partial charge on any atom is -0.404 e.